The van der Waals surface area contributed by atoms with Gasteiger partial charge in [0.2, 0.25) is 0 Å². The number of hydrogen-bond donors (Lipinski definition) is 0. The topological polar surface area (TPSA) is 0 Å². The van der Waals surface area contributed by atoms with Gasteiger partial charge in [-0.2, -0.15) is 0 Å². The Morgan fingerprint density at radius 2 is 0.694 bits per heavy atom. The zero-order valence-electron chi connectivity index (χ0n) is 19.3. The van der Waals surface area contributed by atoms with Crippen LogP contribution in [0.4, 0.5) is 8.78 Å². The van der Waals surface area contributed by atoms with E-state index in [4.69, 9.17) is 0 Å². The smallest absolute Gasteiger partial charge is 0.139 e. The maximum Gasteiger partial charge on any atom is 0.139 e. The second-order valence-corrected chi connectivity index (χ2v) is 9.18. The molecule has 0 aliphatic heterocycles. The molecule has 0 heterocycles. The van der Waals surface area contributed by atoms with E-state index in [9.17, 15) is 0 Å². The molecule has 2 heteroatoms. The minimum atomic E-state index is -0.381. The first kappa shape index (κ1) is 20.8. The van der Waals surface area contributed by atoms with Gasteiger partial charge in [-0.3, -0.25) is 0 Å². The average molecular weight is 467 g/mol. The highest BCUT2D eigenvalue weighted by Crippen LogP contribution is 2.43. The molecule has 0 amide bonds. The molecule has 0 atom stereocenters. The Bertz CT molecular complexity index is 1800. The van der Waals surface area contributed by atoms with Crippen molar-refractivity contribution in [3.05, 3.63) is 133 Å². The number of hydrogen-bond acceptors (Lipinski definition) is 0. The molecule has 0 nitrogen and oxygen atoms in total. The molecule has 0 aliphatic rings. The Balaban J connectivity index is 1.69. The summed E-state index contributed by atoms with van der Waals surface area (Å²) in [6, 6.07) is 39.1. The average Bonchev–Trinajstić information content (AvgIpc) is 2.95. The molecular weight excluding hydrogens is 446 g/mol. The summed E-state index contributed by atoms with van der Waals surface area (Å²) in [4.78, 5) is 0. The van der Waals surface area contributed by atoms with E-state index in [1.54, 1.807) is 24.3 Å². The lowest BCUT2D eigenvalue weighted by Gasteiger charge is -2.16. The molecule has 36 heavy (non-hydrogen) atoms. The van der Waals surface area contributed by atoms with Crippen molar-refractivity contribution in [2.75, 3.05) is 0 Å². The first-order valence-corrected chi connectivity index (χ1v) is 12.0. The van der Waals surface area contributed by atoms with Crippen LogP contribution in [0.3, 0.4) is 0 Å². The van der Waals surface area contributed by atoms with Crippen molar-refractivity contribution in [2.24, 2.45) is 0 Å². The van der Waals surface area contributed by atoms with E-state index in [1.165, 1.54) is 0 Å². The van der Waals surface area contributed by atoms with Crippen LogP contribution >= 0.6 is 0 Å². The molecule has 0 unspecified atom stereocenters. The molecule has 0 spiro atoms. The van der Waals surface area contributed by atoms with Gasteiger partial charge in [-0.15, -0.1) is 0 Å². The van der Waals surface area contributed by atoms with Gasteiger partial charge in [0.05, 0.1) is 0 Å². The number of benzene rings is 7. The predicted molar refractivity (Wildman–Crippen MR) is 147 cm³/mol. The van der Waals surface area contributed by atoms with Crippen LogP contribution in [-0.4, -0.2) is 0 Å². The Kier molecular flexibility index (Phi) is 4.62. The molecule has 0 fully saturated rings. The van der Waals surface area contributed by atoms with Crippen molar-refractivity contribution < 1.29 is 8.78 Å². The Morgan fingerprint density at radius 1 is 0.306 bits per heavy atom. The molecule has 0 aromatic heterocycles. The van der Waals surface area contributed by atoms with Crippen LogP contribution in [0.15, 0.2) is 121 Å². The summed E-state index contributed by atoms with van der Waals surface area (Å²) in [6.07, 6.45) is 0. The van der Waals surface area contributed by atoms with Gasteiger partial charge >= 0.3 is 0 Å². The lowest BCUT2D eigenvalue weighted by molar-refractivity contribution is 0.636. The molecule has 170 valence electrons. The van der Waals surface area contributed by atoms with E-state index in [0.717, 1.165) is 33.0 Å². The summed E-state index contributed by atoms with van der Waals surface area (Å²) < 4.78 is 32.2. The van der Waals surface area contributed by atoms with E-state index < -0.39 is 0 Å². The first-order chi connectivity index (χ1) is 17.7. The zero-order valence-corrected chi connectivity index (χ0v) is 19.3. The highest BCUT2D eigenvalue weighted by Gasteiger charge is 2.20. The van der Waals surface area contributed by atoms with Crippen LogP contribution < -0.4 is 0 Å². The molecule has 7 rings (SSSR count). The second-order valence-electron chi connectivity index (χ2n) is 9.18. The lowest BCUT2D eigenvalue weighted by atomic mass is 9.88. The SMILES string of the molecule is Fc1c2ccccc2c(F)c2c3ccc(-c4ccccc4)cc3c3cc(-c4ccccc4)ccc3c12. The molecule has 7 aromatic rings. The lowest BCUT2D eigenvalue weighted by Crippen LogP contribution is -1.94. The Hall–Kier alpha value is -4.56. The molecule has 0 bridgehead atoms. The quantitative estimate of drug-likeness (QED) is 0.176. The third kappa shape index (κ3) is 3.04. The van der Waals surface area contributed by atoms with Crippen molar-refractivity contribution in [1.82, 2.24) is 0 Å². The van der Waals surface area contributed by atoms with E-state index in [-0.39, 0.29) is 11.6 Å². The van der Waals surface area contributed by atoms with Gasteiger partial charge in [-0.1, -0.05) is 109 Å². The monoisotopic (exact) mass is 466 g/mol. The molecule has 0 saturated carbocycles. The van der Waals surface area contributed by atoms with Crippen LogP contribution in [0.2, 0.25) is 0 Å². The summed E-state index contributed by atoms with van der Waals surface area (Å²) in [7, 11) is 0. The molecular formula is C34H20F2. The zero-order chi connectivity index (χ0) is 24.2. The van der Waals surface area contributed by atoms with Crippen LogP contribution in [-0.2, 0) is 0 Å². The van der Waals surface area contributed by atoms with Crippen LogP contribution in [0.1, 0.15) is 0 Å². The van der Waals surface area contributed by atoms with Crippen LogP contribution in [0.25, 0.3) is 65.3 Å². The van der Waals surface area contributed by atoms with Gasteiger partial charge in [-0.25, -0.2) is 8.78 Å². The highest BCUT2D eigenvalue weighted by atomic mass is 19.1. The fraction of sp³-hybridized carbons (Fsp3) is 0. The standard InChI is InChI=1S/C34H20F2/c35-33-27-13-7-8-14-28(27)34(36)32-26-18-16-24(22-11-5-2-6-12-22)20-30(26)29-19-23(15-17-25(29)31(32)33)21-9-3-1-4-10-21/h1-20H. The summed E-state index contributed by atoms with van der Waals surface area (Å²) in [5.41, 5.74) is 4.24. The minimum absolute atomic E-state index is 0.302. The third-order valence-corrected chi connectivity index (χ3v) is 7.17. The van der Waals surface area contributed by atoms with Gasteiger partial charge in [0.25, 0.3) is 0 Å². The van der Waals surface area contributed by atoms with Gasteiger partial charge in [0, 0.05) is 21.5 Å². The molecule has 0 saturated heterocycles. The summed E-state index contributed by atoms with van der Waals surface area (Å²) >= 11 is 0. The van der Waals surface area contributed by atoms with Crippen molar-refractivity contribution >= 4 is 43.1 Å². The highest BCUT2D eigenvalue weighted by molar-refractivity contribution is 6.28. The fourth-order valence-electron chi connectivity index (χ4n) is 5.45. The van der Waals surface area contributed by atoms with Crippen molar-refractivity contribution in [3.63, 3.8) is 0 Å². The first-order valence-electron chi connectivity index (χ1n) is 12.0. The predicted octanol–water partition coefficient (Wildman–Crippen LogP) is 9.91. The molecule has 0 radical (unpaired) electrons. The summed E-state index contributed by atoms with van der Waals surface area (Å²) in [6.45, 7) is 0. The van der Waals surface area contributed by atoms with Crippen molar-refractivity contribution in [3.8, 4) is 22.3 Å². The van der Waals surface area contributed by atoms with Crippen molar-refractivity contribution in [1.29, 1.82) is 0 Å². The Labute approximate surface area is 207 Å². The van der Waals surface area contributed by atoms with Crippen LogP contribution in [0, 0.1) is 11.6 Å². The van der Waals surface area contributed by atoms with Gasteiger partial charge in [0.1, 0.15) is 11.6 Å². The summed E-state index contributed by atoms with van der Waals surface area (Å²) in [5.74, 6) is -0.762. The molecule has 7 aromatic carbocycles. The maximum atomic E-state index is 16.1. The number of halogens is 2. The number of rotatable bonds is 2. The maximum absolute atomic E-state index is 16.1. The van der Waals surface area contributed by atoms with E-state index in [1.807, 2.05) is 60.7 Å². The molecule has 0 N–H and O–H groups in total. The molecule has 0 aliphatic carbocycles. The normalized spacial score (nSPS) is 11.6. The minimum Gasteiger partial charge on any atom is -0.206 e. The van der Waals surface area contributed by atoms with E-state index in [2.05, 4.69) is 36.4 Å². The van der Waals surface area contributed by atoms with E-state index >= 15 is 8.78 Å². The summed E-state index contributed by atoms with van der Waals surface area (Å²) in [5, 5.41) is 4.51. The van der Waals surface area contributed by atoms with Gasteiger partial charge < -0.3 is 0 Å². The van der Waals surface area contributed by atoms with Gasteiger partial charge in [-0.05, 0) is 55.9 Å². The van der Waals surface area contributed by atoms with Crippen molar-refractivity contribution in [2.45, 2.75) is 0 Å². The second kappa shape index (κ2) is 8.00. The van der Waals surface area contributed by atoms with Crippen LogP contribution in [0.5, 0.6) is 0 Å². The fourth-order valence-corrected chi connectivity index (χ4v) is 5.45. The van der Waals surface area contributed by atoms with E-state index in [0.29, 0.717) is 32.3 Å². The largest absolute Gasteiger partial charge is 0.206 e. The third-order valence-electron chi connectivity index (χ3n) is 7.17. The number of fused-ring (bicyclic) bond motifs is 7. The Morgan fingerprint density at radius 3 is 1.11 bits per heavy atom. The van der Waals surface area contributed by atoms with Gasteiger partial charge in [0.15, 0.2) is 0 Å².